The molecule has 0 spiro atoms. The van der Waals surface area contributed by atoms with Crippen LogP contribution in [-0.4, -0.2) is 73.6 Å². The highest BCUT2D eigenvalue weighted by molar-refractivity contribution is 7.89. The second kappa shape index (κ2) is 12.7. The average Bonchev–Trinajstić information content (AvgIpc) is 2.75. The second-order valence-electron chi connectivity index (χ2n) is 8.39. The molecule has 0 fully saturated rings. The summed E-state index contributed by atoms with van der Waals surface area (Å²) in [5.41, 5.74) is 0.141. The van der Waals surface area contributed by atoms with E-state index in [1.807, 2.05) is 13.8 Å². The maximum absolute atomic E-state index is 13.1. The first-order valence-corrected chi connectivity index (χ1v) is 12.8. The first kappa shape index (κ1) is 28.6. The van der Waals surface area contributed by atoms with Gasteiger partial charge in [0.2, 0.25) is 21.8 Å². The van der Waals surface area contributed by atoms with Crippen molar-refractivity contribution in [2.24, 2.45) is 5.92 Å². The van der Waals surface area contributed by atoms with E-state index in [0.717, 1.165) is 0 Å². The molecule has 0 heterocycles. The lowest BCUT2D eigenvalue weighted by Gasteiger charge is -2.29. The Hall–Kier alpha value is -2.46. The summed E-state index contributed by atoms with van der Waals surface area (Å²) in [6.07, 6.45) is 0. The van der Waals surface area contributed by atoms with Crippen LogP contribution in [-0.2, 0) is 19.6 Å². The fraction of sp³-hybridized carbons (Fsp3) is 0.609. The molecule has 0 aliphatic heterocycles. The Balaban J connectivity index is 3.11. The van der Waals surface area contributed by atoms with Crippen LogP contribution in [0.5, 0.6) is 0 Å². The molecule has 9 nitrogen and oxygen atoms in total. The standard InChI is InChI=1S/C23H38N4O5S/c1-8-26(15-20(28)24-17(6)7)23(30)21(16(4)5)25-22(29)18-12-11-13-19(14-18)33(31,32)27(9-2)10-3/h11-14,16-17,21H,8-10,15H2,1-7H3,(H,24,28)(H,25,29)/t21-/m0/s1. The summed E-state index contributed by atoms with van der Waals surface area (Å²) >= 11 is 0. The number of carbonyl (C=O) groups excluding carboxylic acids is 3. The van der Waals surface area contributed by atoms with E-state index in [4.69, 9.17) is 0 Å². The quantitative estimate of drug-likeness (QED) is 0.472. The number of amides is 3. The third-order valence-corrected chi connectivity index (χ3v) is 7.18. The summed E-state index contributed by atoms with van der Waals surface area (Å²) < 4.78 is 26.9. The topological polar surface area (TPSA) is 116 Å². The van der Waals surface area contributed by atoms with Crippen molar-refractivity contribution in [3.8, 4) is 0 Å². The van der Waals surface area contributed by atoms with Crippen molar-refractivity contribution < 1.29 is 22.8 Å². The largest absolute Gasteiger partial charge is 0.352 e. The Morgan fingerprint density at radius 1 is 0.939 bits per heavy atom. The van der Waals surface area contributed by atoms with Crippen molar-refractivity contribution >= 4 is 27.7 Å². The highest BCUT2D eigenvalue weighted by Crippen LogP contribution is 2.17. The number of nitrogens with zero attached hydrogens (tertiary/aromatic N) is 2. The zero-order chi connectivity index (χ0) is 25.3. The van der Waals surface area contributed by atoms with Crippen LogP contribution in [0.25, 0.3) is 0 Å². The van der Waals surface area contributed by atoms with Crippen molar-refractivity contribution in [2.45, 2.75) is 65.4 Å². The van der Waals surface area contributed by atoms with Gasteiger partial charge in [-0.2, -0.15) is 4.31 Å². The predicted octanol–water partition coefficient (Wildman–Crippen LogP) is 1.84. The Kier molecular flexibility index (Phi) is 11.0. The van der Waals surface area contributed by atoms with E-state index >= 15 is 0 Å². The van der Waals surface area contributed by atoms with E-state index in [1.165, 1.54) is 33.5 Å². The molecule has 0 bridgehead atoms. The Labute approximate surface area is 198 Å². The van der Waals surface area contributed by atoms with Crippen LogP contribution in [0.15, 0.2) is 29.2 Å². The van der Waals surface area contributed by atoms with E-state index in [0.29, 0.717) is 19.6 Å². The van der Waals surface area contributed by atoms with Gasteiger partial charge in [0.25, 0.3) is 5.91 Å². The number of rotatable bonds is 12. The number of hydrogen-bond acceptors (Lipinski definition) is 5. The Morgan fingerprint density at radius 3 is 2.03 bits per heavy atom. The normalized spacial score (nSPS) is 12.7. The lowest BCUT2D eigenvalue weighted by atomic mass is 10.0. The predicted molar refractivity (Wildman–Crippen MR) is 128 cm³/mol. The van der Waals surface area contributed by atoms with Crippen LogP contribution in [0.4, 0.5) is 0 Å². The third kappa shape index (κ3) is 7.82. The van der Waals surface area contributed by atoms with Gasteiger partial charge in [-0.1, -0.05) is 33.8 Å². The highest BCUT2D eigenvalue weighted by atomic mass is 32.2. The van der Waals surface area contributed by atoms with Crippen molar-refractivity contribution in [1.29, 1.82) is 0 Å². The van der Waals surface area contributed by atoms with Crippen molar-refractivity contribution in [3.63, 3.8) is 0 Å². The molecule has 1 aromatic carbocycles. The summed E-state index contributed by atoms with van der Waals surface area (Å²) in [7, 11) is -3.73. The molecule has 0 saturated heterocycles. The fourth-order valence-corrected chi connectivity index (χ4v) is 4.84. The van der Waals surface area contributed by atoms with Gasteiger partial charge in [0, 0.05) is 31.2 Å². The van der Waals surface area contributed by atoms with E-state index in [2.05, 4.69) is 10.6 Å². The second-order valence-corrected chi connectivity index (χ2v) is 10.3. The van der Waals surface area contributed by atoms with Gasteiger partial charge in [-0.05, 0) is 44.9 Å². The molecule has 2 N–H and O–H groups in total. The van der Waals surface area contributed by atoms with E-state index in [9.17, 15) is 22.8 Å². The molecule has 0 unspecified atom stereocenters. The molecule has 1 aromatic rings. The third-order valence-electron chi connectivity index (χ3n) is 5.14. The smallest absolute Gasteiger partial charge is 0.251 e. The van der Waals surface area contributed by atoms with Gasteiger partial charge in [0.1, 0.15) is 6.04 Å². The summed E-state index contributed by atoms with van der Waals surface area (Å²) in [5.74, 6) is -1.44. The van der Waals surface area contributed by atoms with E-state index < -0.39 is 22.0 Å². The molecule has 186 valence electrons. The molecule has 10 heteroatoms. The molecule has 0 radical (unpaired) electrons. The summed E-state index contributed by atoms with van der Waals surface area (Å²) in [6, 6.07) is 4.86. The highest BCUT2D eigenvalue weighted by Gasteiger charge is 2.30. The lowest BCUT2D eigenvalue weighted by Crippen LogP contribution is -2.53. The number of carbonyl (C=O) groups is 3. The molecule has 0 aliphatic rings. The van der Waals surface area contributed by atoms with E-state index in [1.54, 1.807) is 34.6 Å². The van der Waals surface area contributed by atoms with E-state index in [-0.39, 0.29) is 40.8 Å². The van der Waals surface area contributed by atoms with Gasteiger partial charge in [-0.15, -0.1) is 0 Å². The van der Waals surface area contributed by atoms with Crippen LogP contribution in [0.2, 0.25) is 0 Å². The first-order valence-electron chi connectivity index (χ1n) is 11.4. The zero-order valence-corrected chi connectivity index (χ0v) is 21.5. The summed E-state index contributed by atoms with van der Waals surface area (Å²) in [4.78, 5) is 39.6. The minimum atomic E-state index is -3.73. The monoisotopic (exact) mass is 482 g/mol. The number of likely N-dealkylation sites (N-methyl/N-ethyl adjacent to an activating group) is 1. The fourth-order valence-electron chi connectivity index (χ4n) is 3.33. The van der Waals surface area contributed by atoms with Crippen LogP contribution < -0.4 is 10.6 Å². The Bertz CT molecular complexity index is 927. The molecule has 33 heavy (non-hydrogen) atoms. The lowest BCUT2D eigenvalue weighted by molar-refractivity contribution is -0.138. The number of hydrogen-bond donors (Lipinski definition) is 2. The van der Waals surface area contributed by atoms with Gasteiger partial charge in [0.05, 0.1) is 11.4 Å². The number of benzene rings is 1. The van der Waals surface area contributed by atoms with Crippen LogP contribution in [0.1, 0.15) is 58.8 Å². The summed E-state index contributed by atoms with van der Waals surface area (Å²) in [6.45, 7) is 13.4. The van der Waals surface area contributed by atoms with Crippen LogP contribution in [0.3, 0.4) is 0 Å². The van der Waals surface area contributed by atoms with Crippen molar-refractivity contribution in [3.05, 3.63) is 29.8 Å². The van der Waals surface area contributed by atoms with Crippen molar-refractivity contribution in [1.82, 2.24) is 19.8 Å². The first-order chi connectivity index (χ1) is 15.4. The van der Waals surface area contributed by atoms with Crippen LogP contribution >= 0.6 is 0 Å². The van der Waals surface area contributed by atoms with Crippen molar-refractivity contribution in [2.75, 3.05) is 26.2 Å². The maximum Gasteiger partial charge on any atom is 0.251 e. The van der Waals surface area contributed by atoms with Gasteiger partial charge >= 0.3 is 0 Å². The van der Waals surface area contributed by atoms with Gasteiger partial charge < -0.3 is 15.5 Å². The maximum atomic E-state index is 13.1. The zero-order valence-electron chi connectivity index (χ0n) is 20.7. The van der Waals surface area contributed by atoms with Gasteiger partial charge in [0.15, 0.2) is 0 Å². The molecule has 0 aromatic heterocycles. The molecule has 1 atom stereocenters. The average molecular weight is 483 g/mol. The molecular formula is C23H38N4O5S. The van der Waals surface area contributed by atoms with Crippen LogP contribution in [0, 0.1) is 5.92 Å². The SMILES string of the molecule is CCN(CC(=O)NC(C)C)C(=O)[C@@H](NC(=O)c1cccc(S(=O)(=O)N(CC)CC)c1)C(C)C. The molecule has 3 amide bonds. The summed E-state index contributed by atoms with van der Waals surface area (Å²) in [5, 5.41) is 5.48. The van der Waals surface area contributed by atoms with Gasteiger partial charge in [-0.3, -0.25) is 14.4 Å². The van der Waals surface area contributed by atoms with Gasteiger partial charge in [-0.25, -0.2) is 8.42 Å². The Morgan fingerprint density at radius 2 is 1.55 bits per heavy atom. The molecule has 0 saturated carbocycles. The molecule has 0 aliphatic carbocycles. The number of nitrogens with one attached hydrogen (secondary N) is 2. The minimum Gasteiger partial charge on any atom is -0.352 e. The molecule has 1 rings (SSSR count). The minimum absolute atomic E-state index is 0.0202. The number of sulfonamides is 1. The molecular weight excluding hydrogens is 444 g/mol.